The summed E-state index contributed by atoms with van der Waals surface area (Å²) in [4.78, 5) is 5.07. The van der Waals surface area contributed by atoms with Gasteiger partial charge in [-0.2, -0.15) is 0 Å². The molecule has 1 aliphatic rings. The molecule has 0 saturated heterocycles. The van der Waals surface area contributed by atoms with Crippen LogP contribution in [0.2, 0.25) is 0 Å². The summed E-state index contributed by atoms with van der Waals surface area (Å²) in [5.74, 6) is 1.05. The highest BCUT2D eigenvalue weighted by atomic mass is 15.0. The van der Waals surface area contributed by atoms with Crippen molar-refractivity contribution in [3.8, 4) is 22.6 Å². The van der Waals surface area contributed by atoms with E-state index in [1.165, 1.54) is 38.9 Å². The number of hydrogen-bond acceptors (Lipinski definition) is 1. The van der Waals surface area contributed by atoms with E-state index in [0.29, 0.717) is 0 Å². The quantitative estimate of drug-likeness (QED) is 0.484. The van der Waals surface area contributed by atoms with Crippen LogP contribution in [0.1, 0.15) is 27.8 Å². The third-order valence-electron chi connectivity index (χ3n) is 4.91. The fraction of sp³-hybridized carbons (Fsp3) is 0.238. The van der Waals surface area contributed by atoms with Crippen LogP contribution in [0.15, 0.2) is 42.6 Å². The molecule has 1 aromatic heterocycles. The smallest absolute Gasteiger partial charge is 0.233 e. The van der Waals surface area contributed by atoms with Crippen molar-refractivity contribution >= 4 is 0 Å². The van der Waals surface area contributed by atoms with Gasteiger partial charge in [0.05, 0.1) is 18.8 Å². The van der Waals surface area contributed by atoms with Crippen LogP contribution < -0.4 is 4.57 Å². The van der Waals surface area contributed by atoms with Crippen LogP contribution >= 0.6 is 0 Å². The number of aromatic nitrogens is 2. The molecular formula is C21H21N2+. The van der Waals surface area contributed by atoms with Gasteiger partial charge in [0, 0.05) is 17.5 Å². The lowest BCUT2D eigenvalue weighted by atomic mass is 9.99. The Kier molecular flexibility index (Phi) is 3.08. The summed E-state index contributed by atoms with van der Waals surface area (Å²) >= 11 is 0. The monoisotopic (exact) mass is 301 g/mol. The summed E-state index contributed by atoms with van der Waals surface area (Å²) in [5, 5.41) is 0. The maximum atomic E-state index is 5.07. The van der Waals surface area contributed by atoms with Crippen LogP contribution in [0.25, 0.3) is 22.6 Å². The molecule has 1 heterocycles. The molecule has 0 amide bonds. The first kappa shape index (κ1) is 14.1. The van der Waals surface area contributed by atoms with E-state index in [1.54, 1.807) is 0 Å². The van der Waals surface area contributed by atoms with Crippen molar-refractivity contribution in [1.29, 1.82) is 0 Å². The number of benzene rings is 2. The predicted octanol–water partition coefficient (Wildman–Crippen LogP) is 4.07. The van der Waals surface area contributed by atoms with Crippen LogP contribution in [-0.2, 0) is 13.5 Å². The molecule has 0 unspecified atom stereocenters. The van der Waals surface area contributed by atoms with Gasteiger partial charge in [0.1, 0.15) is 0 Å². The van der Waals surface area contributed by atoms with Crippen LogP contribution in [0.3, 0.4) is 0 Å². The zero-order chi connectivity index (χ0) is 16.1. The van der Waals surface area contributed by atoms with Gasteiger partial charge < -0.3 is 0 Å². The normalized spacial score (nSPS) is 12.2. The van der Waals surface area contributed by atoms with E-state index >= 15 is 0 Å². The summed E-state index contributed by atoms with van der Waals surface area (Å²) in [6, 6.07) is 13.1. The second-order valence-electron chi connectivity index (χ2n) is 6.64. The minimum Gasteiger partial charge on any atom is -0.233 e. The van der Waals surface area contributed by atoms with E-state index in [0.717, 1.165) is 17.9 Å². The molecule has 0 N–H and O–H groups in total. The Hall–Kier alpha value is -2.48. The minimum absolute atomic E-state index is 0.985. The standard InChI is InChI=1S/C21H21N2/c1-13-9-14(2)15(3)19(10-13)21-22-20-17(12-23(21)4)11-16-7-5-6-8-18(16)20/h5-10,12H,11H2,1-4H3/q+1. The lowest BCUT2D eigenvalue weighted by molar-refractivity contribution is -0.663. The second kappa shape index (κ2) is 5.02. The van der Waals surface area contributed by atoms with Gasteiger partial charge in [-0.3, -0.25) is 0 Å². The molecule has 23 heavy (non-hydrogen) atoms. The largest absolute Gasteiger partial charge is 0.331 e. The van der Waals surface area contributed by atoms with Crippen molar-refractivity contribution < 1.29 is 4.57 Å². The molecule has 0 radical (unpaired) electrons. The molecule has 0 bridgehead atoms. The Morgan fingerprint density at radius 1 is 0.957 bits per heavy atom. The Morgan fingerprint density at radius 3 is 2.57 bits per heavy atom. The molecule has 0 saturated carbocycles. The Balaban J connectivity index is 1.97. The third kappa shape index (κ3) is 2.17. The number of fused-ring (bicyclic) bond motifs is 3. The average Bonchev–Trinajstić information content (AvgIpc) is 2.87. The SMILES string of the molecule is Cc1cc(C)c(C)c(-c2nc3c(c[n+]2C)Cc2ccccc2-3)c1. The molecule has 0 fully saturated rings. The molecule has 114 valence electrons. The molecular weight excluding hydrogens is 280 g/mol. The highest BCUT2D eigenvalue weighted by Gasteiger charge is 2.28. The number of nitrogens with zero attached hydrogens (tertiary/aromatic N) is 2. The molecule has 3 aromatic rings. The lowest BCUT2D eigenvalue weighted by Crippen LogP contribution is -2.33. The van der Waals surface area contributed by atoms with E-state index < -0.39 is 0 Å². The summed E-state index contributed by atoms with van der Waals surface area (Å²) in [7, 11) is 2.10. The van der Waals surface area contributed by atoms with E-state index in [4.69, 9.17) is 4.98 Å². The molecule has 2 heteroatoms. The average molecular weight is 301 g/mol. The number of hydrogen-bond donors (Lipinski definition) is 0. The van der Waals surface area contributed by atoms with Crippen molar-refractivity contribution in [2.45, 2.75) is 27.2 Å². The van der Waals surface area contributed by atoms with Crippen LogP contribution in [-0.4, -0.2) is 4.98 Å². The topological polar surface area (TPSA) is 16.8 Å². The lowest BCUT2D eigenvalue weighted by Gasteiger charge is -2.09. The van der Waals surface area contributed by atoms with Gasteiger partial charge in [-0.25, -0.2) is 4.57 Å². The number of aryl methyl sites for hydroxylation is 3. The van der Waals surface area contributed by atoms with Crippen LogP contribution in [0.5, 0.6) is 0 Å². The zero-order valence-electron chi connectivity index (χ0n) is 14.1. The predicted molar refractivity (Wildman–Crippen MR) is 93.3 cm³/mol. The van der Waals surface area contributed by atoms with Gasteiger partial charge in [0.25, 0.3) is 0 Å². The zero-order valence-corrected chi connectivity index (χ0v) is 14.1. The van der Waals surface area contributed by atoms with Gasteiger partial charge in [-0.05, 0) is 54.1 Å². The van der Waals surface area contributed by atoms with E-state index in [1.807, 2.05) is 0 Å². The Bertz CT molecular complexity index is 939. The van der Waals surface area contributed by atoms with Gasteiger partial charge in [0.2, 0.25) is 0 Å². The van der Waals surface area contributed by atoms with E-state index in [-0.39, 0.29) is 0 Å². The van der Waals surface area contributed by atoms with E-state index in [2.05, 4.69) is 75.0 Å². The first-order chi connectivity index (χ1) is 11.0. The third-order valence-corrected chi connectivity index (χ3v) is 4.91. The molecule has 0 atom stereocenters. The minimum atomic E-state index is 0.985. The highest BCUT2D eigenvalue weighted by molar-refractivity contribution is 5.74. The van der Waals surface area contributed by atoms with Crippen molar-refractivity contribution in [1.82, 2.24) is 4.98 Å². The molecule has 0 spiro atoms. The van der Waals surface area contributed by atoms with Crippen molar-refractivity contribution in [3.63, 3.8) is 0 Å². The van der Waals surface area contributed by atoms with E-state index in [9.17, 15) is 0 Å². The molecule has 0 aliphatic heterocycles. The molecule has 1 aliphatic carbocycles. The van der Waals surface area contributed by atoms with Crippen LogP contribution in [0, 0.1) is 20.8 Å². The maximum absolute atomic E-state index is 5.07. The summed E-state index contributed by atoms with van der Waals surface area (Å²) in [6.07, 6.45) is 3.23. The summed E-state index contributed by atoms with van der Waals surface area (Å²) in [6.45, 7) is 6.51. The Labute approximate surface area is 137 Å². The first-order valence-electron chi connectivity index (χ1n) is 8.10. The number of rotatable bonds is 1. The fourth-order valence-corrected chi connectivity index (χ4v) is 3.61. The first-order valence-corrected chi connectivity index (χ1v) is 8.10. The van der Waals surface area contributed by atoms with Crippen molar-refractivity contribution in [2.75, 3.05) is 0 Å². The Morgan fingerprint density at radius 2 is 1.74 bits per heavy atom. The summed E-state index contributed by atoms with van der Waals surface area (Å²) < 4.78 is 2.17. The molecule has 2 aromatic carbocycles. The maximum Gasteiger partial charge on any atom is 0.331 e. The second-order valence-corrected chi connectivity index (χ2v) is 6.64. The highest BCUT2D eigenvalue weighted by Crippen LogP contribution is 2.35. The summed E-state index contributed by atoms with van der Waals surface area (Å²) in [5.41, 5.74) is 10.3. The molecule has 4 rings (SSSR count). The molecule has 2 nitrogen and oxygen atoms in total. The van der Waals surface area contributed by atoms with Gasteiger partial charge in [0.15, 0.2) is 5.69 Å². The van der Waals surface area contributed by atoms with Gasteiger partial charge in [-0.1, -0.05) is 30.3 Å². The van der Waals surface area contributed by atoms with Gasteiger partial charge >= 0.3 is 5.82 Å². The van der Waals surface area contributed by atoms with Gasteiger partial charge in [-0.15, -0.1) is 0 Å². The van der Waals surface area contributed by atoms with Crippen LogP contribution in [0.4, 0.5) is 0 Å². The fourth-order valence-electron chi connectivity index (χ4n) is 3.61. The van der Waals surface area contributed by atoms with Crippen molar-refractivity contribution in [3.05, 3.63) is 70.4 Å². The van der Waals surface area contributed by atoms with Crippen molar-refractivity contribution in [2.24, 2.45) is 7.05 Å².